The Morgan fingerprint density at radius 3 is 1.78 bits per heavy atom. The summed E-state index contributed by atoms with van der Waals surface area (Å²) in [5, 5.41) is 44.0. The van der Waals surface area contributed by atoms with Gasteiger partial charge in [-0.15, -0.1) is 0 Å². The van der Waals surface area contributed by atoms with Crippen LogP contribution in [0.5, 0.6) is 23.0 Å². The molecule has 0 bridgehead atoms. The first kappa shape index (κ1) is 28.9. The summed E-state index contributed by atoms with van der Waals surface area (Å²) in [6, 6.07) is 22.8. The van der Waals surface area contributed by atoms with Crippen LogP contribution in [-0.4, -0.2) is 91.3 Å². The topological polar surface area (TPSA) is 136 Å². The van der Waals surface area contributed by atoms with Crippen LogP contribution in [0.1, 0.15) is 0 Å². The molecule has 0 amide bonds. The van der Waals surface area contributed by atoms with Gasteiger partial charge in [-0.25, -0.2) is 0 Å². The number of methoxy groups -OCH3 is 2. The first-order chi connectivity index (χ1) is 19.9. The van der Waals surface area contributed by atoms with Crippen LogP contribution in [0.3, 0.4) is 0 Å². The minimum atomic E-state index is -1.55. The molecule has 10 nitrogen and oxygen atoms in total. The zero-order valence-corrected chi connectivity index (χ0v) is 22.8. The summed E-state index contributed by atoms with van der Waals surface area (Å²) in [5.74, 6) is 2.61. The second-order valence-corrected chi connectivity index (χ2v) is 9.83. The molecule has 1 unspecified atom stereocenters. The zero-order valence-electron chi connectivity index (χ0n) is 22.8. The van der Waals surface area contributed by atoms with Gasteiger partial charge in [0.05, 0.1) is 27.4 Å². The van der Waals surface area contributed by atoms with Crippen LogP contribution in [0, 0.1) is 0 Å². The van der Waals surface area contributed by atoms with E-state index < -0.39 is 43.4 Å². The van der Waals surface area contributed by atoms with Crippen molar-refractivity contribution in [3.8, 4) is 23.0 Å². The van der Waals surface area contributed by atoms with Gasteiger partial charge in [0.1, 0.15) is 54.0 Å². The molecular formula is C31H34O10. The Morgan fingerprint density at radius 2 is 1.20 bits per heavy atom. The van der Waals surface area contributed by atoms with E-state index in [0.717, 1.165) is 27.3 Å². The molecule has 1 saturated heterocycles. The van der Waals surface area contributed by atoms with Crippen molar-refractivity contribution in [3.05, 3.63) is 72.8 Å². The standard InChI is InChI=1S/C31H34O10/c1-36-22-7-3-18-5-9-24(13-20(18)11-22)38-16-26(17-39-31-30(35)29(34)28(33)27(15-32)41-31)40-25-10-6-19-4-8-23(37-2)12-21(19)14-25/h3-14,26-35H,15-17H2,1-2H3/t26?,27-,28-,29+,30+,31+/m1/s1. The summed E-state index contributed by atoms with van der Waals surface area (Å²) in [7, 11) is 3.22. The lowest BCUT2D eigenvalue weighted by atomic mass is 9.99. The van der Waals surface area contributed by atoms with Crippen molar-refractivity contribution in [2.24, 2.45) is 0 Å². The maximum Gasteiger partial charge on any atom is 0.186 e. The van der Waals surface area contributed by atoms with Gasteiger partial charge in [0, 0.05) is 0 Å². The van der Waals surface area contributed by atoms with E-state index in [1.165, 1.54) is 0 Å². The van der Waals surface area contributed by atoms with Crippen LogP contribution in [0.2, 0.25) is 0 Å². The van der Waals surface area contributed by atoms with Gasteiger partial charge in [-0.05, 0) is 70.1 Å². The van der Waals surface area contributed by atoms with Gasteiger partial charge in [-0.2, -0.15) is 0 Å². The van der Waals surface area contributed by atoms with Crippen molar-refractivity contribution in [2.45, 2.75) is 36.8 Å². The highest BCUT2D eigenvalue weighted by Crippen LogP contribution is 2.28. The number of fused-ring (bicyclic) bond motifs is 2. The largest absolute Gasteiger partial charge is 0.497 e. The summed E-state index contributed by atoms with van der Waals surface area (Å²) < 4.78 is 34.3. The van der Waals surface area contributed by atoms with Crippen LogP contribution in [0.4, 0.5) is 0 Å². The van der Waals surface area contributed by atoms with Crippen LogP contribution >= 0.6 is 0 Å². The van der Waals surface area contributed by atoms with E-state index in [9.17, 15) is 20.4 Å². The fraction of sp³-hybridized carbons (Fsp3) is 0.355. The quantitative estimate of drug-likeness (QED) is 0.215. The van der Waals surface area contributed by atoms with Gasteiger partial charge in [0.25, 0.3) is 0 Å². The molecule has 1 aliphatic rings. The normalized spacial score (nSPS) is 23.3. The number of ether oxygens (including phenoxy) is 6. The third kappa shape index (κ3) is 6.65. The predicted octanol–water partition coefficient (Wildman–Crippen LogP) is 2.65. The molecule has 1 heterocycles. The summed E-state index contributed by atoms with van der Waals surface area (Å²) in [6.45, 7) is -0.579. The highest BCUT2D eigenvalue weighted by atomic mass is 16.7. The van der Waals surface area contributed by atoms with Crippen molar-refractivity contribution in [1.29, 1.82) is 0 Å². The highest BCUT2D eigenvalue weighted by molar-refractivity contribution is 5.86. The van der Waals surface area contributed by atoms with Crippen LogP contribution in [-0.2, 0) is 9.47 Å². The number of hydrogen-bond donors (Lipinski definition) is 4. The molecule has 4 N–H and O–H groups in total. The summed E-state index contributed by atoms with van der Waals surface area (Å²) in [4.78, 5) is 0. The molecule has 1 aliphatic heterocycles. The van der Waals surface area contributed by atoms with Gasteiger partial charge in [0.15, 0.2) is 12.4 Å². The first-order valence-corrected chi connectivity index (χ1v) is 13.3. The van der Waals surface area contributed by atoms with E-state index in [1.807, 2.05) is 72.8 Å². The molecule has 0 spiro atoms. The van der Waals surface area contributed by atoms with Crippen molar-refractivity contribution in [2.75, 3.05) is 34.0 Å². The minimum absolute atomic E-state index is 0.0725. The molecule has 6 atom stereocenters. The Hall–Kier alpha value is -3.64. The van der Waals surface area contributed by atoms with Crippen molar-refractivity contribution in [3.63, 3.8) is 0 Å². The Bertz CT molecular complexity index is 1460. The van der Waals surface area contributed by atoms with E-state index >= 15 is 0 Å². The zero-order chi connectivity index (χ0) is 28.9. The smallest absolute Gasteiger partial charge is 0.186 e. The molecule has 5 rings (SSSR count). The Kier molecular flexibility index (Phi) is 9.09. The molecular weight excluding hydrogens is 532 g/mol. The average Bonchev–Trinajstić information content (AvgIpc) is 3.01. The van der Waals surface area contributed by atoms with Gasteiger partial charge < -0.3 is 48.8 Å². The molecule has 218 valence electrons. The van der Waals surface area contributed by atoms with E-state index in [2.05, 4.69) is 0 Å². The monoisotopic (exact) mass is 566 g/mol. The molecule has 0 radical (unpaired) electrons. The second kappa shape index (κ2) is 12.9. The Labute approximate surface area is 237 Å². The number of rotatable bonds is 11. The molecule has 0 aliphatic carbocycles. The molecule has 41 heavy (non-hydrogen) atoms. The number of hydrogen-bond acceptors (Lipinski definition) is 10. The maximum absolute atomic E-state index is 10.4. The number of aliphatic hydroxyl groups is 4. The van der Waals surface area contributed by atoms with Crippen LogP contribution in [0.25, 0.3) is 21.5 Å². The van der Waals surface area contributed by atoms with Gasteiger partial charge in [-0.1, -0.05) is 24.3 Å². The van der Waals surface area contributed by atoms with Crippen molar-refractivity contribution in [1.82, 2.24) is 0 Å². The predicted molar refractivity (Wildman–Crippen MR) is 151 cm³/mol. The first-order valence-electron chi connectivity index (χ1n) is 13.3. The molecule has 0 saturated carbocycles. The average molecular weight is 567 g/mol. The molecule has 10 heteroatoms. The lowest BCUT2D eigenvalue weighted by Gasteiger charge is -2.39. The molecule has 4 aromatic rings. The third-order valence-electron chi connectivity index (χ3n) is 7.07. The van der Waals surface area contributed by atoms with Crippen LogP contribution < -0.4 is 18.9 Å². The Balaban J connectivity index is 1.34. The highest BCUT2D eigenvalue weighted by Gasteiger charge is 2.44. The number of aliphatic hydroxyl groups excluding tert-OH is 4. The lowest BCUT2D eigenvalue weighted by Crippen LogP contribution is -2.59. The SMILES string of the molecule is COc1ccc2ccc(OCC(CO[C@H]3O[C@H](CO)[C@@H](O)[C@H](O)[C@@H]3O)Oc3ccc4ccc(OC)cc4c3)cc2c1. The van der Waals surface area contributed by atoms with E-state index in [4.69, 9.17) is 28.4 Å². The van der Waals surface area contributed by atoms with Crippen molar-refractivity contribution < 1.29 is 48.8 Å². The second-order valence-electron chi connectivity index (χ2n) is 9.83. The fourth-order valence-electron chi connectivity index (χ4n) is 4.73. The Morgan fingerprint density at radius 1 is 0.659 bits per heavy atom. The molecule has 1 fully saturated rings. The lowest BCUT2D eigenvalue weighted by molar-refractivity contribution is -0.304. The summed E-state index contributed by atoms with van der Waals surface area (Å²) in [6.07, 6.45) is -7.62. The minimum Gasteiger partial charge on any atom is -0.497 e. The van der Waals surface area contributed by atoms with E-state index in [1.54, 1.807) is 14.2 Å². The van der Waals surface area contributed by atoms with Crippen LogP contribution in [0.15, 0.2) is 72.8 Å². The van der Waals surface area contributed by atoms with E-state index in [-0.39, 0.29) is 13.2 Å². The third-order valence-corrected chi connectivity index (χ3v) is 7.07. The fourth-order valence-corrected chi connectivity index (χ4v) is 4.73. The van der Waals surface area contributed by atoms with Crippen molar-refractivity contribution >= 4 is 21.5 Å². The van der Waals surface area contributed by atoms with E-state index in [0.29, 0.717) is 17.2 Å². The summed E-state index contributed by atoms with van der Waals surface area (Å²) in [5.41, 5.74) is 0. The molecule has 0 aromatic heterocycles. The number of benzene rings is 4. The maximum atomic E-state index is 10.4. The van der Waals surface area contributed by atoms with Gasteiger partial charge >= 0.3 is 0 Å². The molecule has 4 aromatic carbocycles. The summed E-state index contributed by atoms with van der Waals surface area (Å²) >= 11 is 0. The van der Waals surface area contributed by atoms with Gasteiger partial charge in [0.2, 0.25) is 0 Å². The van der Waals surface area contributed by atoms with Gasteiger partial charge in [-0.3, -0.25) is 0 Å².